The fourth-order valence-corrected chi connectivity index (χ4v) is 6.53. The number of anilines is 2. The number of ether oxygens (including phenoxy) is 2. The first kappa shape index (κ1) is 33.3. The van der Waals surface area contributed by atoms with Crippen molar-refractivity contribution in [2.75, 3.05) is 10.6 Å². The summed E-state index contributed by atoms with van der Waals surface area (Å²) in [6, 6.07) is 4.98. The van der Waals surface area contributed by atoms with E-state index in [0.717, 1.165) is 30.3 Å². The molecule has 0 aliphatic heterocycles. The second-order valence-electron chi connectivity index (χ2n) is 13.0. The molecule has 12 heteroatoms. The summed E-state index contributed by atoms with van der Waals surface area (Å²) in [6.07, 6.45) is 12.0. The zero-order valence-electron chi connectivity index (χ0n) is 26.4. The molecule has 1 heterocycles. The molecule has 1 aromatic carbocycles. The monoisotopic (exact) mass is 659 g/mol. The van der Waals surface area contributed by atoms with Gasteiger partial charge in [0.25, 0.3) is 0 Å². The van der Waals surface area contributed by atoms with E-state index in [0.29, 0.717) is 40.0 Å². The van der Waals surface area contributed by atoms with Crippen molar-refractivity contribution in [1.82, 2.24) is 14.1 Å². The first-order valence-electron chi connectivity index (χ1n) is 15.9. The van der Waals surface area contributed by atoms with Crippen molar-refractivity contribution in [3.8, 4) is 5.75 Å². The highest BCUT2D eigenvalue weighted by Crippen LogP contribution is 2.57. The molecule has 2 unspecified atom stereocenters. The van der Waals surface area contributed by atoms with Crippen LogP contribution in [0.1, 0.15) is 72.6 Å². The van der Waals surface area contributed by atoms with E-state index in [1.807, 2.05) is 39.8 Å². The largest absolute Gasteiger partial charge is 0.489 e. The van der Waals surface area contributed by atoms with Crippen LogP contribution in [0.3, 0.4) is 0 Å². The molecular formula is C33H43Cl2N5O5. The van der Waals surface area contributed by atoms with E-state index in [4.69, 9.17) is 32.7 Å². The second-order valence-corrected chi connectivity index (χ2v) is 13.9. The molecule has 1 spiro atoms. The third-order valence-electron chi connectivity index (χ3n) is 8.66. The number of halogens is 2. The predicted octanol–water partition coefficient (Wildman–Crippen LogP) is 6.11. The van der Waals surface area contributed by atoms with Crippen LogP contribution in [-0.2, 0) is 22.6 Å². The van der Waals surface area contributed by atoms with Crippen LogP contribution in [0.2, 0.25) is 5.02 Å². The summed E-state index contributed by atoms with van der Waals surface area (Å²) in [6.45, 7) is 8.00. The second kappa shape index (κ2) is 14.1. The number of nitrogens with zero attached hydrogens (tertiary/aromatic N) is 3. The maximum atomic E-state index is 13.8. The van der Waals surface area contributed by atoms with Gasteiger partial charge in [-0.3, -0.25) is 9.36 Å². The zero-order chi connectivity index (χ0) is 32.3. The maximum absolute atomic E-state index is 13.8. The van der Waals surface area contributed by atoms with Gasteiger partial charge in [0.15, 0.2) is 0 Å². The van der Waals surface area contributed by atoms with Gasteiger partial charge in [-0.2, -0.15) is 4.98 Å². The van der Waals surface area contributed by atoms with E-state index in [-0.39, 0.29) is 43.1 Å². The van der Waals surface area contributed by atoms with Crippen LogP contribution in [-0.4, -0.2) is 43.7 Å². The standard InChI is InChI=1S/C33H43Cl2N5O5/c1-20(2)44-27-7-5-23(17-25(27)34)36-29(41)11-16-39-31(42)38-30(37-24-6-8-28(26(35)18-24)45-21(3)4)40(32(39)43)19-22-9-12-33(13-10-22)14-15-33/h5-8,17-18,20-22,26,28H,9-16,19H2,1-4H3,(H,36,41)(H,37,38,42). The average molecular weight is 661 g/mol. The minimum atomic E-state index is -0.728. The number of rotatable bonds is 12. The molecule has 3 aliphatic carbocycles. The van der Waals surface area contributed by atoms with Gasteiger partial charge in [0.05, 0.1) is 28.7 Å². The number of benzene rings is 1. The van der Waals surface area contributed by atoms with Gasteiger partial charge in [0, 0.05) is 30.9 Å². The van der Waals surface area contributed by atoms with Gasteiger partial charge >= 0.3 is 11.4 Å². The van der Waals surface area contributed by atoms with Crippen molar-refractivity contribution >= 4 is 40.7 Å². The van der Waals surface area contributed by atoms with Crippen molar-refractivity contribution in [1.29, 1.82) is 0 Å². The lowest BCUT2D eigenvalue weighted by Gasteiger charge is -2.29. The van der Waals surface area contributed by atoms with Crippen molar-refractivity contribution in [3.05, 3.63) is 68.1 Å². The van der Waals surface area contributed by atoms with Gasteiger partial charge in [0.1, 0.15) is 5.75 Å². The molecule has 5 rings (SSSR count). The number of hydrogen-bond donors (Lipinski definition) is 2. The van der Waals surface area contributed by atoms with Crippen LogP contribution >= 0.6 is 23.2 Å². The van der Waals surface area contributed by atoms with Gasteiger partial charge in [0.2, 0.25) is 11.9 Å². The molecule has 0 saturated heterocycles. The van der Waals surface area contributed by atoms with E-state index < -0.39 is 16.8 Å². The van der Waals surface area contributed by atoms with Crippen LogP contribution in [0.15, 0.2) is 51.7 Å². The highest BCUT2D eigenvalue weighted by atomic mass is 35.5. The quantitative estimate of drug-likeness (QED) is 0.264. The summed E-state index contributed by atoms with van der Waals surface area (Å²) >= 11 is 12.9. The van der Waals surface area contributed by atoms with E-state index in [2.05, 4.69) is 15.6 Å². The number of alkyl halides is 1. The number of aromatic nitrogens is 3. The molecule has 3 aliphatic rings. The molecule has 2 saturated carbocycles. The summed E-state index contributed by atoms with van der Waals surface area (Å²) in [5.74, 6) is 0.609. The van der Waals surface area contributed by atoms with E-state index >= 15 is 0 Å². The van der Waals surface area contributed by atoms with Gasteiger partial charge in [-0.05, 0) is 108 Å². The lowest BCUT2D eigenvalue weighted by Crippen LogP contribution is -2.44. The number of allylic oxidation sites excluding steroid dienone is 1. The van der Waals surface area contributed by atoms with Crippen LogP contribution in [0.25, 0.3) is 0 Å². The fourth-order valence-electron chi connectivity index (χ4n) is 6.03. The molecule has 2 fully saturated rings. The maximum Gasteiger partial charge on any atom is 0.354 e. The van der Waals surface area contributed by atoms with Gasteiger partial charge < -0.3 is 20.1 Å². The number of carbonyl (C=O) groups is 1. The minimum absolute atomic E-state index is 0.0123. The molecule has 0 bridgehead atoms. The lowest BCUT2D eigenvalue weighted by atomic mass is 9.80. The molecule has 45 heavy (non-hydrogen) atoms. The molecule has 10 nitrogen and oxygen atoms in total. The Hall–Kier alpha value is -3.08. The molecule has 2 atom stereocenters. The first-order chi connectivity index (χ1) is 21.4. The topological polar surface area (TPSA) is 116 Å². The van der Waals surface area contributed by atoms with Crippen LogP contribution in [0, 0.1) is 11.3 Å². The van der Waals surface area contributed by atoms with E-state index in [1.54, 1.807) is 24.3 Å². The highest BCUT2D eigenvalue weighted by molar-refractivity contribution is 6.32. The first-order valence-corrected chi connectivity index (χ1v) is 16.7. The van der Waals surface area contributed by atoms with Gasteiger partial charge in [-0.1, -0.05) is 17.7 Å². The molecule has 1 amide bonds. The SMILES string of the molecule is CC(C)Oc1ccc(NC(=O)CCn2c(=O)nc(NC3=CC(Cl)C(OC(C)C)C=C3)n(CC3CCC4(CC3)CC4)c2=O)cc1Cl. The van der Waals surface area contributed by atoms with E-state index in [9.17, 15) is 14.4 Å². The summed E-state index contributed by atoms with van der Waals surface area (Å²) in [4.78, 5) is 44.1. The van der Waals surface area contributed by atoms with Crippen LogP contribution in [0.5, 0.6) is 5.75 Å². The van der Waals surface area contributed by atoms with Crippen molar-refractivity contribution < 1.29 is 14.3 Å². The Kier molecular flexibility index (Phi) is 10.5. The third-order valence-corrected chi connectivity index (χ3v) is 9.33. The molecule has 1 aromatic heterocycles. The summed E-state index contributed by atoms with van der Waals surface area (Å²) in [5.41, 5.74) is 0.399. The number of carbonyl (C=O) groups excluding carboxylic acids is 1. The van der Waals surface area contributed by atoms with Gasteiger partial charge in [-0.25, -0.2) is 14.2 Å². The molecule has 0 radical (unpaired) electrons. The normalized spacial score (nSPS) is 20.8. The number of nitrogens with one attached hydrogen (secondary N) is 2. The molecule has 2 aromatic rings. The van der Waals surface area contributed by atoms with Crippen molar-refractivity contribution in [2.24, 2.45) is 11.3 Å². The zero-order valence-corrected chi connectivity index (χ0v) is 27.9. The van der Waals surface area contributed by atoms with E-state index in [1.165, 1.54) is 17.4 Å². The Morgan fingerprint density at radius 3 is 2.44 bits per heavy atom. The molecular weight excluding hydrogens is 617 g/mol. The smallest absolute Gasteiger partial charge is 0.354 e. The Balaban J connectivity index is 1.32. The summed E-state index contributed by atoms with van der Waals surface area (Å²) in [7, 11) is 0. The Labute approximate surface area is 273 Å². The third kappa shape index (κ3) is 8.60. The molecule has 2 N–H and O–H groups in total. The number of amides is 1. The number of hydrogen-bond acceptors (Lipinski definition) is 7. The van der Waals surface area contributed by atoms with Crippen molar-refractivity contribution in [2.45, 2.75) is 109 Å². The summed E-state index contributed by atoms with van der Waals surface area (Å²) < 4.78 is 14.1. The molecule has 244 valence electrons. The Morgan fingerprint density at radius 2 is 1.82 bits per heavy atom. The Bertz CT molecular complexity index is 1570. The average Bonchev–Trinajstić information content (AvgIpc) is 3.73. The van der Waals surface area contributed by atoms with Crippen molar-refractivity contribution in [3.63, 3.8) is 0 Å². The van der Waals surface area contributed by atoms with Crippen LogP contribution in [0.4, 0.5) is 11.6 Å². The fraction of sp³-hybridized carbons (Fsp3) is 0.576. The highest BCUT2D eigenvalue weighted by Gasteiger charge is 2.44. The lowest BCUT2D eigenvalue weighted by molar-refractivity contribution is -0.116. The predicted molar refractivity (Wildman–Crippen MR) is 177 cm³/mol. The Morgan fingerprint density at radius 1 is 1.09 bits per heavy atom. The summed E-state index contributed by atoms with van der Waals surface area (Å²) in [5, 5.41) is 5.89. The minimum Gasteiger partial charge on any atom is -0.489 e. The van der Waals surface area contributed by atoms with Gasteiger partial charge in [-0.15, -0.1) is 11.6 Å². The van der Waals surface area contributed by atoms with Crippen LogP contribution < -0.4 is 26.7 Å².